The first kappa shape index (κ1) is 13.1. The number of benzene rings is 2. The van der Waals surface area contributed by atoms with Crippen molar-refractivity contribution < 1.29 is 0 Å². The van der Waals surface area contributed by atoms with Gasteiger partial charge in [-0.2, -0.15) is 0 Å². The molecule has 0 aliphatic rings. The van der Waals surface area contributed by atoms with E-state index in [-0.39, 0.29) is 0 Å². The molecule has 1 aromatic heterocycles. The summed E-state index contributed by atoms with van der Waals surface area (Å²) in [5, 5.41) is 4.67. The van der Waals surface area contributed by atoms with Gasteiger partial charge in [-0.15, -0.1) is 0 Å². The Labute approximate surface area is 126 Å². The zero-order valence-corrected chi connectivity index (χ0v) is 12.6. The lowest BCUT2D eigenvalue weighted by molar-refractivity contribution is 1.03. The van der Waals surface area contributed by atoms with Crippen molar-refractivity contribution in [2.45, 2.75) is 6.42 Å². The molecule has 20 heavy (non-hydrogen) atoms. The summed E-state index contributed by atoms with van der Waals surface area (Å²) < 4.78 is 0.997. The van der Waals surface area contributed by atoms with Gasteiger partial charge in [0.2, 0.25) is 0 Å². The minimum absolute atomic E-state index is 0.762. The highest BCUT2D eigenvalue weighted by molar-refractivity contribution is 9.10. The molecule has 102 valence electrons. The van der Waals surface area contributed by atoms with Crippen LogP contribution in [0.4, 0.5) is 11.4 Å². The first-order valence-electron chi connectivity index (χ1n) is 6.58. The molecule has 0 fully saturated rings. The number of nitrogens with one attached hydrogen (secondary N) is 2. The van der Waals surface area contributed by atoms with E-state index in [1.54, 1.807) is 0 Å². The van der Waals surface area contributed by atoms with Crippen molar-refractivity contribution in [3.8, 4) is 0 Å². The highest BCUT2D eigenvalue weighted by atomic mass is 79.9. The maximum atomic E-state index is 5.97. The highest BCUT2D eigenvalue weighted by Gasteiger charge is 2.03. The quantitative estimate of drug-likeness (QED) is 0.629. The van der Waals surface area contributed by atoms with Crippen molar-refractivity contribution >= 4 is 38.2 Å². The number of aromatic nitrogens is 1. The lowest BCUT2D eigenvalue weighted by Crippen LogP contribution is -2.06. The van der Waals surface area contributed by atoms with Crippen LogP contribution in [0.25, 0.3) is 10.9 Å². The number of nitrogen functional groups attached to an aromatic ring is 1. The fourth-order valence-electron chi connectivity index (χ4n) is 2.36. The number of para-hydroxylation sites is 1. The SMILES string of the molecule is Nc1cc(Br)ccc1NCCc1c[nH]c2ccccc12. The summed E-state index contributed by atoms with van der Waals surface area (Å²) in [6, 6.07) is 14.3. The van der Waals surface area contributed by atoms with Gasteiger partial charge < -0.3 is 16.0 Å². The third-order valence-corrected chi connectivity index (χ3v) is 3.89. The predicted molar refractivity (Wildman–Crippen MR) is 89.0 cm³/mol. The second-order valence-corrected chi connectivity index (χ2v) is 5.68. The van der Waals surface area contributed by atoms with E-state index < -0.39 is 0 Å². The average Bonchev–Trinajstić information content (AvgIpc) is 2.85. The van der Waals surface area contributed by atoms with E-state index in [1.807, 2.05) is 24.3 Å². The smallest absolute Gasteiger partial charge is 0.0574 e. The third kappa shape index (κ3) is 2.65. The molecule has 3 nitrogen and oxygen atoms in total. The van der Waals surface area contributed by atoms with E-state index in [1.165, 1.54) is 16.5 Å². The first-order chi connectivity index (χ1) is 9.74. The lowest BCUT2D eigenvalue weighted by atomic mass is 10.1. The summed E-state index contributed by atoms with van der Waals surface area (Å²) in [5.74, 6) is 0. The Bertz CT molecular complexity index is 733. The number of anilines is 2. The van der Waals surface area contributed by atoms with E-state index in [0.29, 0.717) is 0 Å². The molecule has 4 heteroatoms. The summed E-state index contributed by atoms with van der Waals surface area (Å²) in [6.07, 6.45) is 3.04. The zero-order valence-electron chi connectivity index (χ0n) is 11.0. The molecular weight excluding hydrogens is 314 g/mol. The summed E-state index contributed by atoms with van der Waals surface area (Å²) in [5.41, 5.74) is 10.2. The summed E-state index contributed by atoms with van der Waals surface area (Å²) in [6.45, 7) is 0.855. The molecule has 1 heterocycles. The fraction of sp³-hybridized carbons (Fsp3) is 0.125. The largest absolute Gasteiger partial charge is 0.397 e. The molecule has 0 atom stereocenters. The van der Waals surface area contributed by atoms with E-state index in [4.69, 9.17) is 5.73 Å². The minimum Gasteiger partial charge on any atom is -0.397 e. The Morgan fingerprint density at radius 3 is 2.85 bits per heavy atom. The Balaban J connectivity index is 1.68. The molecule has 4 N–H and O–H groups in total. The van der Waals surface area contributed by atoms with Gasteiger partial charge in [0, 0.05) is 28.1 Å². The van der Waals surface area contributed by atoms with Gasteiger partial charge in [-0.05, 0) is 36.2 Å². The summed E-state index contributed by atoms with van der Waals surface area (Å²) in [4.78, 5) is 3.30. The predicted octanol–water partition coefficient (Wildman–Crippen LogP) is 4.17. The van der Waals surface area contributed by atoms with Crippen LogP contribution in [0.5, 0.6) is 0 Å². The maximum absolute atomic E-state index is 5.97. The van der Waals surface area contributed by atoms with Crippen LogP contribution in [0.15, 0.2) is 53.1 Å². The first-order valence-corrected chi connectivity index (χ1v) is 7.37. The molecule has 0 aliphatic carbocycles. The standard InChI is InChI=1S/C16H16BrN3/c17-12-5-6-16(14(18)9-12)19-8-7-11-10-20-15-4-2-1-3-13(11)15/h1-6,9-10,19-20H,7-8,18H2. The average molecular weight is 330 g/mol. The van der Waals surface area contributed by atoms with Gasteiger partial charge in [-0.3, -0.25) is 0 Å². The van der Waals surface area contributed by atoms with Crippen molar-refractivity contribution in [3.05, 3.63) is 58.7 Å². The molecule has 0 saturated heterocycles. The van der Waals surface area contributed by atoms with Crippen molar-refractivity contribution in [3.63, 3.8) is 0 Å². The van der Waals surface area contributed by atoms with Crippen LogP contribution < -0.4 is 11.1 Å². The van der Waals surface area contributed by atoms with Crippen molar-refractivity contribution in [1.82, 2.24) is 4.98 Å². The van der Waals surface area contributed by atoms with Crippen LogP contribution in [0, 0.1) is 0 Å². The monoisotopic (exact) mass is 329 g/mol. The van der Waals surface area contributed by atoms with E-state index in [2.05, 4.69) is 50.6 Å². The Hall–Kier alpha value is -1.94. The maximum Gasteiger partial charge on any atom is 0.0574 e. The van der Waals surface area contributed by atoms with Crippen molar-refractivity contribution in [2.24, 2.45) is 0 Å². The van der Waals surface area contributed by atoms with Gasteiger partial charge in [0.1, 0.15) is 0 Å². The van der Waals surface area contributed by atoms with Crippen LogP contribution in [-0.2, 0) is 6.42 Å². The number of nitrogens with two attached hydrogens (primary N) is 1. The number of rotatable bonds is 4. The van der Waals surface area contributed by atoms with Crippen LogP contribution in [0.3, 0.4) is 0 Å². The van der Waals surface area contributed by atoms with Crippen LogP contribution >= 0.6 is 15.9 Å². The molecule has 3 aromatic rings. The molecule has 0 bridgehead atoms. The number of aromatic amines is 1. The van der Waals surface area contributed by atoms with E-state index in [0.717, 1.165) is 28.8 Å². The zero-order chi connectivity index (χ0) is 13.9. The fourth-order valence-corrected chi connectivity index (χ4v) is 2.74. The third-order valence-electron chi connectivity index (χ3n) is 3.40. The number of hydrogen-bond acceptors (Lipinski definition) is 2. The number of H-pyrrole nitrogens is 1. The summed E-state index contributed by atoms with van der Waals surface area (Å²) in [7, 11) is 0. The molecule has 0 spiro atoms. The number of halogens is 1. The van der Waals surface area contributed by atoms with Gasteiger partial charge in [0.05, 0.1) is 11.4 Å². The van der Waals surface area contributed by atoms with E-state index in [9.17, 15) is 0 Å². The van der Waals surface area contributed by atoms with Crippen molar-refractivity contribution in [2.75, 3.05) is 17.6 Å². The normalized spacial score (nSPS) is 10.8. The van der Waals surface area contributed by atoms with Gasteiger partial charge >= 0.3 is 0 Å². The van der Waals surface area contributed by atoms with Crippen LogP contribution in [0.2, 0.25) is 0 Å². The topological polar surface area (TPSA) is 53.8 Å². The van der Waals surface area contributed by atoms with Gasteiger partial charge in [0.25, 0.3) is 0 Å². The molecular formula is C16H16BrN3. The molecule has 0 saturated carbocycles. The van der Waals surface area contributed by atoms with Crippen LogP contribution in [0.1, 0.15) is 5.56 Å². The van der Waals surface area contributed by atoms with Gasteiger partial charge in [-0.1, -0.05) is 34.1 Å². The highest BCUT2D eigenvalue weighted by Crippen LogP contribution is 2.23. The molecule has 2 aromatic carbocycles. The Morgan fingerprint density at radius 2 is 2.00 bits per heavy atom. The second kappa shape index (κ2) is 5.59. The van der Waals surface area contributed by atoms with Crippen molar-refractivity contribution in [1.29, 1.82) is 0 Å². The Morgan fingerprint density at radius 1 is 1.15 bits per heavy atom. The lowest BCUT2D eigenvalue weighted by Gasteiger charge is -2.09. The Kier molecular flexibility index (Phi) is 3.65. The molecule has 0 radical (unpaired) electrons. The molecule has 0 aliphatic heterocycles. The van der Waals surface area contributed by atoms with Crippen LogP contribution in [-0.4, -0.2) is 11.5 Å². The number of fused-ring (bicyclic) bond motifs is 1. The molecule has 0 unspecified atom stereocenters. The van der Waals surface area contributed by atoms with Gasteiger partial charge in [0.15, 0.2) is 0 Å². The summed E-state index contributed by atoms with van der Waals surface area (Å²) >= 11 is 3.41. The molecule has 0 amide bonds. The second-order valence-electron chi connectivity index (χ2n) is 4.77. The van der Waals surface area contributed by atoms with Gasteiger partial charge in [-0.25, -0.2) is 0 Å². The van der Waals surface area contributed by atoms with E-state index >= 15 is 0 Å². The molecule has 3 rings (SSSR count). The number of hydrogen-bond donors (Lipinski definition) is 3. The minimum atomic E-state index is 0.762.